The van der Waals surface area contributed by atoms with E-state index in [2.05, 4.69) is 70.9 Å². The van der Waals surface area contributed by atoms with Gasteiger partial charge in [0.25, 0.3) is 0 Å². The normalized spacial score (nSPS) is 12.1. The van der Waals surface area contributed by atoms with E-state index < -0.39 is 0 Å². The SMILES string of the molecule is CCc1ccc(C(C)NC(=NCC(=O)N(C)C)NCCn2cnnc2CC)cc1.I. The van der Waals surface area contributed by atoms with E-state index in [9.17, 15) is 4.79 Å². The van der Waals surface area contributed by atoms with Crippen molar-refractivity contribution in [3.05, 3.63) is 47.5 Å². The van der Waals surface area contributed by atoms with Crippen molar-refractivity contribution in [2.24, 2.45) is 4.99 Å². The Morgan fingerprint density at radius 3 is 2.50 bits per heavy atom. The number of likely N-dealkylation sites (N-methyl/N-ethyl adjacent to an activating group) is 1. The fraction of sp³-hybridized carbons (Fsp3) is 0.524. The van der Waals surface area contributed by atoms with Gasteiger partial charge in [-0.1, -0.05) is 38.1 Å². The fourth-order valence-corrected chi connectivity index (χ4v) is 2.81. The van der Waals surface area contributed by atoms with Gasteiger partial charge in [0.05, 0.1) is 6.04 Å². The third-order valence-corrected chi connectivity index (χ3v) is 4.77. The molecule has 2 aromatic rings. The van der Waals surface area contributed by atoms with Crippen LogP contribution in [0.5, 0.6) is 0 Å². The zero-order valence-electron chi connectivity index (χ0n) is 18.6. The van der Waals surface area contributed by atoms with Crippen LogP contribution in [0.3, 0.4) is 0 Å². The van der Waals surface area contributed by atoms with Gasteiger partial charge in [0, 0.05) is 33.6 Å². The van der Waals surface area contributed by atoms with Crippen LogP contribution in [-0.2, 0) is 24.2 Å². The molecular weight excluding hydrogens is 493 g/mol. The van der Waals surface area contributed by atoms with Gasteiger partial charge in [-0.25, -0.2) is 4.99 Å². The van der Waals surface area contributed by atoms with Crippen molar-refractivity contribution in [2.75, 3.05) is 27.2 Å². The van der Waals surface area contributed by atoms with Crippen LogP contribution in [-0.4, -0.2) is 58.7 Å². The smallest absolute Gasteiger partial charge is 0.243 e. The van der Waals surface area contributed by atoms with Gasteiger partial charge in [-0.15, -0.1) is 34.2 Å². The van der Waals surface area contributed by atoms with Gasteiger partial charge in [0.2, 0.25) is 5.91 Å². The van der Waals surface area contributed by atoms with Gasteiger partial charge in [0.15, 0.2) is 5.96 Å². The number of halogens is 1. The van der Waals surface area contributed by atoms with E-state index in [1.54, 1.807) is 25.3 Å². The van der Waals surface area contributed by atoms with E-state index in [4.69, 9.17) is 0 Å². The van der Waals surface area contributed by atoms with Gasteiger partial charge in [-0.2, -0.15) is 0 Å². The van der Waals surface area contributed by atoms with Crippen LogP contribution >= 0.6 is 24.0 Å². The number of hydrogen-bond acceptors (Lipinski definition) is 4. The number of amides is 1. The molecule has 0 aliphatic heterocycles. The molecule has 9 heteroatoms. The molecule has 0 spiro atoms. The van der Waals surface area contributed by atoms with Gasteiger partial charge in [-0.05, 0) is 24.5 Å². The molecule has 166 valence electrons. The average Bonchev–Trinajstić information content (AvgIpc) is 3.18. The molecule has 0 aliphatic carbocycles. The average molecular weight is 527 g/mol. The third kappa shape index (κ3) is 7.92. The summed E-state index contributed by atoms with van der Waals surface area (Å²) in [4.78, 5) is 18.0. The lowest BCUT2D eigenvalue weighted by atomic mass is 10.1. The number of carbonyl (C=O) groups excluding carboxylic acids is 1. The molecule has 2 N–H and O–H groups in total. The lowest BCUT2D eigenvalue weighted by Crippen LogP contribution is -2.41. The molecule has 1 aromatic carbocycles. The highest BCUT2D eigenvalue weighted by Gasteiger charge is 2.10. The Hall–Kier alpha value is -2.17. The first-order chi connectivity index (χ1) is 13.9. The maximum absolute atomic E-state index is 12.0. The summed E-state index contributed by atoms with van der Waals surface area (Å²) in [6.07, 6.45) is 3.59. The summed E-state index contributed by atoms with van der Waals surface area (Å²) in [7, 11) is 3.46. The lowest BCUT2D eigenvalue weighted by Gasteiger charge is -2.19. The summed E-state index contributed by atoms with van der Waals surface area (Å²) in [6.45, 7) is 7.75. The Balaban J connectivity index is 0.00000450. The van der Waals surface area contributed by atoms with Gasteiger partial charge >= 0.3 is 0 Å². The molecule has 1 atom stereocenters. The Labute approximate surface area is 196 Å². The highest BCUT2D eigenvalue weighted by Crippen LogP contribution is 2.13. The molecule has 0 radical (unpaired) electrons. The molecule has 0 aliphatic rings. The summed E-state index contributed by atoms with van der Waals surface area (Å²) < 4.78 is 2.02. The minimum Gasteiger partial charge on any atom is -0.355 e. The fourth-order valence-electron chi connectivity index (χ4n) is 2.81. The van der Waals surface area contributed by atoms with Crippen molar-refractivity contribution >= 4 is 35.8 Å². The van der Waals surface area contributed by atoms with E-state index in [0.29, 0.717) is 12.5 Å². The number of rotatable bonds is 9. The van der Waals surface area contributed by atoms with Crippen molar-refractivity contribution in [2.45, 2.75) is 46.2 Å². The first kappa shape index (κ1) is 25.9. The Kier molecular flexibility index (Phi) is 11.4. The number of nitrogens with zero attached hydrogens (tertiary/aromatic N) is 5. The molecule has 0 saturated carbocycles. The number of nitrogens with one attached hydrogen (secondary N) is 2. The quantitative estimate of drug-likeness (QED) is 0.297. The van der Waals surface area contributed by atoms with E-state index in [0.717, 1.165) is 25.2 Å². The minimum absolute atomic E-state index is 0. The molecule has 1 aromatic heterocycles. The Bertz CT molecular complexity index is 802. The number of hydrogen-bond donors (Lipinski definition) is 2. The van der Waals surface area contributed by atoms with Crippen molar-refractivity contribution < 1.29 is 4.79 Å². The van der Waals surface area contributed by atoms with Gasteiger partial charge in [-0.3, -0.25) is 4.79 Å². The second-order valence-corrected chi connectivity index (χ2v) is 7.14. The monoisotopic (exact) mass is 527 g/mol. The van der Waals surface area contributed by atoms with E-state index in [1.165, 1.54) is 11.1 Å². The maximum atomic E-state index is 12.0. The van der Waals surface area contributed by atoms with E-state index >= 15 is 0 Å². The summed E-state index contributed by atoms with van der Waals surface area (Å²) >= 11 is 0. The third-order valence-electron chi connectivity index (χ3n) is 4.77. The van der Waals surface area contributed by atoms with E-state index in [1.807, 2.05) is 4.57 Å². The molecule has 0 bridgehead atoms. The standard InChI is InChI=1S/C21H33N7O.HI/c1-6-17-8-10-18(11-9-17)16(3)25-21(23-14-20(29)27(4)5)22-12-13-28-15-24-26-19(28)7-2;/h8-11,15-16H,6-7,12-14H2,1-5H3,(H2,22,23,25);1H. The molecule has 30 heavy (non-hydrogen) atoms. The number of guanidine groups is 1. The molecular formula is C21H34IN7O. The second-order valence-electron chi connectivity index (χ2n) is 7.14. The van der Waals surface area contributed by atoms with Crippen LogP contribution in [0.4, 0.5) is 0 Å². The second kappa shape index (κ2) is 13.2. The zero-order chi connectivity index (χ0) is 21.2. The van der Waals surface area contributed by atoms with Crippen LogP contribution in [0, 0.1) is 0 Å². The summed E-state index contributed by atoms with van der Waals surface area (Å²) in [5.41, 5.74) is 2.48. The summed E-state index contributed by atoms with van der Waals surface area (Å²) in [5.74, 6) is 1.52. The number of aliphatic imine (C=N–C) groups is 1. The predicted octanol–water partition coefficient (Wildman–Crippen LogP) is 2.41. The molecule has 0 fully saturated rings. The first-order valence-corrected chi connectivity index (χ1v) is 10.1. The van der Waals surface area contributed by atoms with Crippen molar-refractivity contribution in [1.29, 1.82) is 0 Å². The largest absolute Gasteiger partial charge is 0.355 e. The minimum atomic E-state index is -0.0434. The number of aryl methyl sites for hydroxylation is 2. The van der Waals surface area contributed by atoms with Crippen molar-refractivity contribution in [3.63, 3.8) is 0 Å². The van der Waals surface area contributed by atoms with Gasteiger partial charge in [0.1, 0.15) is 18.7 Å². The van der Waals surface area contributed by atoms with Crippen molar-refractivity contribution in [1.82, 2.24) is 30.3 Å². The van der Waals surface area contributed by atoms with Crippen LogP contribution in [0.15, 0.2) is 35.6 Å². The highest BCUT2D eigenvalue weighted by molar-refractivity contribution is 14.0. The summed E-state index contributed by atoms with van der Waals surface area (Å²) in [6, 6.07) is 8.60. The predicted molar refractivity (Wildman–Crippen MR) is 131 cm³/mol. The lowest BCUT2D eigenvalue weighted by molar-refractivity contribution is -0.127. The first-order valence-electron chi connectivity index (χ1n) is 10.1. The molecule has 8 nitrogen and oxygen atoms in total. The van der Waals surface area contributed by atoms with Crippen LogP contribution in [0.2, 0.25) is 0 Å². The molecule has 0 saturated heterocycles. The zero-order valence-corrected chi connectivity index (χ0v) is 20.9. The number of benzene rings is 1. The molecule has 1 heterocycles. The van der Waals surface area contributed by atoms with E-state index in [-0.39, 0.29) is 42.5 Å². The Morgan fingerprint density at radius 1 is 1.20 bits per heavy atom. The Morgan fingerprint density at radius 2 is 1.90 bits per heavy atom. The molecule has 2 rings (SSSR count). The van der Waals surface area contributed by atoms with Crippen molar-refractivity contribution in [3.8, 4) is 0 Å². The van der Waals surface area contributed by atoms with Crippen LogP contribution in [0.25, 0.3) is 0 Å². The maximum Gasteiger partial charge on any atom is 0.243 e. The summed E-state index contributed by atoms with van der Waals surface area (Å²) in [5, 5.41) is 14.8. The van der Waals surface area contributed by atoms with Crippen LogP contribution < -0.4 is 10.6 Å². The highest BCUT2D eigenvalue weighted by atomic mass is 127. The number of aromatic nitrogens is 3. The molecule has 1 unspecified atom stereocenters. The van der Waals surface area contributed by atoms with Crippen LogP contribution in [0.1, 0.15) is 43.8 Å². The topological polar surface area (TPSA) is 87.4 Å². The molecule has 1 amide bonds. The number of carbonyl (C=O) groups is 1. The van der Waals surface area contributed by atoms with Gasteiger partial charge < -0.3 is 20.1 Å².